The number of benzene rings is 2. The van der Waals surface area contributed by atoms with Crippen LogP contribution in [0.25, 0.3) is 11.1 Å². The van der Waals surface area contributed by atoms with Crippen LogP contribution in [-0.2, 0) is 9.47 Å². The fraction of sp³-hybridized carbons (Fsp3) is 0.625. The Morgan fingerprint density at radius 3 is 1.34 bits per heavy atom. The topological polar surface area (TPSA) is 89.0 Å². The molecule has 4 N–H and O–H groups in total. The average molecular weight is 529 g/mol. The second-order valence-corrected chi connectivity index (χ2v) is 10.9. The fourth-order valence-corrected chi connectivity index (χ4v) is 4.17. The van der Waals surface area contributed by atoms with Crippen LogP contribution in [0.1, 0.15) is 79.1 Å². The van der Waals surface area contributed by atoms with Gasteiger partial charge in [-0.15, -0.1) is 0 Å². The van der Waals surface area contributed by atoms with Gasteiger partial charge in [0.2, 0.25) is 0 Å². The first-order valence-corrected chi connectivity index (χ1v) is 14.6. The molecule has 0 unspecified atom stereocenters. The average Bonchev–Trinajstić information content (AvgIpc) is 2.88. The molecule has 214 valence electrons. The van der Waals surface area contributed by atoms with Crippen molar-refractivity contribution in [1.82, 2.24) is 0 Å². The summed E-state index contributed by atoms with van der Waals surface area (Å²) >= 11 is 0. The van der Waals surface area contributed by atoms with Gasteiger partial charge in [0.1, 0.15) is 24.7 Å². The summed E-state index contributed by atoms with van der Waals surface area (Å²) in [5.74, 6) is 2.86. The van der Waals surface area contributed by atoms with Gasteiger partial charge in [-0.3, -0.25) is 0 Å². The lowest BCUT2D eigenvalue weighted by Gasteiger charge is -2.14. The van der Waals surface area contributed by atoms with Gasteiger partial charge in [-0.1, -0.05) is 78.4 Å². The van der Waals surface area contributed by atoms with Crippen molar-refractivity contribution in [2.45, 2.75) is 79.1 Å². The molecule has 0 spiro atoms. The summed E-state index contributed by atoms with van der Waals surface area (Å²) in [6, 6.07) is 11.6. The zero-order valence-corrected chi connectivity index (χ0v) is 24.3. The third-order valence-electron chi connectivity index (χ3n) is 6.47. The highest BCUT2D eigenvalue weighted by molar-refractivity contribution is 5.73. The van der Waals surface area contributed by atoms with Crippen molar-refractivity contribution < 1.29 is 18.9 Å². The maximum Gasteiger partial charge on any atom is 0.142 e. The molecule has 0 fully saturated rings. The van der Waals surface area contributed by atoms with E-state index in [1.54, 1.807) is 0 Å². The Morgan fingerprint density at radius 2 is 0.947 bits per heavy atom. The Labute approximate surface area is 231 Å². The number of rotatable bonds is 21. The Kier molecular flexibility index (Phi) is 15.7. The number of ether oxygens (including phenoxy) is 4. The van der Waals surface area contributed by atoms with Gasteiger partial charge in [-0.05, 0) is 60.1 Å². The van der Waals surface area contributed by atoms with E-state index >= 15 is 0 Å². The lowest BCUT2D eigenvalue weighted by atomic mass is 10.0. The Balaban J connectivity index is 1.75. The van der Waals surface area contributed by atoms with Crippen molar-refractivity contribution >= 4 is 11.4 Å². The maximum absolute atomic E-state index is 6.16. The van der Waals surface area contributed by atoms with Gasteiger partial charge in [-0.2, -0.15) is 0 Å². The van der Waals surface area contributed by atoms with E-state index in [9.17, 15) is 0 Å². The second-order valence-electron chi connectivity index (χ2n) is 10.9. The zero-order valence-electron chi connectivity index (χ0n) is 24.3. The van der Waals surface area contributed by atoms with Crippen LogP contribution in [0.3, 0.4) is 0 Å². The summed E-state index contributed by atoms with van der Waals surface area (Å²) < 4.78 is 23.3. The van der Waals surface area contributed by atoms with Crippen LogP contribution in [0.5, 0.6) is 11.5 Å². The smallest absolute Gasteiger partial charge is 0.142 e. The van der Waals surface area contributed by atoms with Gasteiger partial charge in [0.05, 0.1) is 24.6 Å². The second kappa shape index (κ2) is 18.8. The van der Waals surface area contributed by atoms with Crippen LogP contribution >= 0.6 is 0 Å². The van der Waals surface area contributed by atoms with E-state index in [0.29, 0.717) is 49.3 Å². The molecule has 2 aromatic carbocycles. The molecule has 0 aliphatic heterocycles. The normalized spacial score (nSPS) is 11.4. The van der Waals surface area contributed by atoms with Crippen molar-refractivity contribution in [3.63, 3.8) is 0 Å². The highest BCUT2D eigenvalue weighted by Crippen LogP contribution is 2.33. The maximum atomic E-state index is 6.16. The summed E-state index contributed by atoms with van der Waals surface area (Å²) in [6.07, 6.45) is 9.73. The minimum Gasteiger partial charge on any atom is -0.489 e. The van der Waals surface area contributed by atoms with Crippen LogP contribution < -0.4 is 20.9 Å². The molecule has 6 heteroatoms. The van der Waals surface area contributed by atoms with Crippen molar-refractivity contribution in [3.05, 3.63) is 36.4 Å². The molecule has 38 heavy (non-hydrogen) atoms. The van der Waals surface area contributed by atoms with E-state index in [4.69, 9.17) is 30.4 Å². The van der Waals surface area contributed by atoms with Gasteiger partial charge in [0.25, 0.3) is 0 Å². The SMILES string of the molecule is CC(C)CCCCCOCCOc1cc(-c2ccc(N)c(OCCOCCCCCC(C)C)c2)ccc1N. The van der Waals surface area contributed by atoms with E-state index in [1.165, 1.54) is 38.5 Å². The number of hydrogen-bond acceptors (Lipinski definition) is 6. The third-order valence-corrected chi connectivity index (χ3v) is 6.47. The molecule has 0 saturated heterocycles. The van der Waals surface area contributed by atoms with E-state index in [1.807, 2.05) is 36.4 Å². The minimum atomic E-state index is 0.466. The monoisotopic (exact) mass is 528 g/mol. The molecule has 0 aliphatic carbocycles. The van der Waals surface area contributed by atoms with Crippen LogP contribution in [0.2, 0.25) is 0 Å². The lowest BCUT2D eigenvalue weighted by Crippen LogP contribution is -2.09. The van der Waals surface area contributed by atoms with Gasteiger partial charge in [-0.25, -0.2) is 0 Å². The molecule has 2 rings (SSSR count). The molecule has 0 saturated carbocycles. The number of nitrogens with two attached hydrogens (primary N) is 2. The van der Waals surface area contributed by atoms with Crippen molar-refractivity contribution in [2.75, 3.05) is 51.1 Å². The summed E-state index contributed by atoms with van der Waals surface area (Å²) in [5.41, 5.74) is 15.5. The highest BCUT2D eigenvalue weighted by Gasteiger charge is 2.08. The van der Waals surface area contributed by atoms with Gasteiger partial charge in [0.15, 0.2) is 0 Å². The standard InChI is InChI=1S/C32H52N2O4/c1-25(2)11-7-5-9-17-35-19-21-37-31-23-27(13-15-29(31)33)28-14-16-30(34)32(24-28)38-22-20-36-18-10-6-8-12-26(3)4/h13-16,23-26H,5-12,17-22,33-34H2,1-4H3. The van der Waals surface area contributed by atoms with Gasteiger partial charge < -0.3 is 30.4 Å². The highest BCUT2D eigenvalue weighted by atomic mass is 16.5. The zero-order chi connectivity index (χ0) is 27.6. The van der Waals surface area contributed by atoms with Crippen molar-refractivity contribution in [3.8, 4) is 22.6 Å². The van der Waals surface area contributed by atoms with E-state index in [2.05, 4.69) is 27.7 Å². The Hall–Kier alpha value is -2.44. The molecule has 0 heterocycles. The molecular weight excluding hydrogens is 476 g/mol. The molecular formula is C32H52N2O4. The largest absolute Gasteiger partial charge is 0.489 e. The summed E-state index contributed by atoms with van der Waals surface area (Å²) in [7, 11) is 0. The van der Waals surface area contributed by atoms with E-state index in [-0.39, 0.29) is 0 Å². The first-order valence-electron chi connectivity index (χ1n) is 14.6. The third kappa shape index (κ3) is 13.4. The predicted octanol–water partition coefficient (Wildman–Crippen LogP) is 7.74. The molecule has 6 nitrogen and oxygen atoms in total. The summed E-state index contributed by atoms with van der Waals surface area (Å²) in [4.78, 5) is 0. The Morgan fingerprint density at radius 1 is 0.526 bits per heavy atom. The minimum absolute atomic E-state index is 0.466. The number of hydrogen-bond donors (Lipinski definition) is 2. The number of unbranched alkanes of at least 4 members (excludes halogenated alkanes) is 4. The molecule has 0 aromatic heterocycles. The predicted molar refractivity (Wildman–Crippen MR) is 160 cm³/mol. The van der Waals surface area contributed by atoms with E-state index < -0.39 is 0 Å². The van der Waals surface area contributed by atoms with Crippen LogP contribution in [0.15, 0.2) is 36.4 Å². The van der Waals surface area contributed by atoms with Crippen molar-refractivity contribution in [2.24, 2.45) is 11.8 Å². The van der Waals surface area contributed by atoms with Crippen molar-refractivity contribution in [1.29, 1.82) is 0 Å². The number of nitrogen functional groups attached to an aromatic ring is 2. The summed E-state index contributed by atoms with van der Waals surface area (Å²) in [6.45, 7) is 12.6. The quantitative estimate of drug-likeness (QED) is 0.127. The van der Waals surface area contributed by atoms with Crippen LogP contribution in [0, 0.1) is 11.8 Å². The van der Waals surface area contributed by atoms with Gasteiger partial charge >= 0.3 is 0 Å². The van der Waals surface area contributed by atoms with E-state index in [0.717, 1.165) is 49.0 Å². The number of anilines is 2. The molecule has 0 atom stereocenters. The molecule has 0 amide bonds. The molecule has 2 aromatic rings. The van der Waals surface area contributed by atoms with Gasteiger partial charge in [0, 0.05) is 13.2 Å². The van der Waals surface area contributed by atoms with Crippen LogP contribution in [0.4, 0.5) is 11.4 Å². The summed E-state index contributed by atoms with van der Waals surface area (Å²) in [5, 5.41) is 0. The first kappa shape index (κ1) is 31.8. The van der Waals surface area contributed by atoms with Crippen LogP contribution in [-0.4, -0.2) is 39.6 Å². The molecule has 0 aliphatic rings. The lowest BCUT2D eigenvalue weighted by molar-refractivity contribution is 0.0971. The first-order chi connectivity index (χ1) is 18.4. The Bertz CT molecular complexity index is 828. The molecule has 0 bridgehead atoms. The fourth-order valence-electron chi connectivity index (χ4n) is 4.17. The molecule has 0 radical (unpaired) electrons.